The Hall–Kier alpha value is -13.7. The van der Waals surface area contributed by atoms with Crippen molar-refractivity contribution in [3.63, 3.8) is 0 Å². The van der Waals surface area contributed by atoms with Crippen LogP contribution in [-0.2, 0) is 81.9 Å². The normalized spacial score (nSPS) is 12.6. The number of likely N-dealkylation sites (N-methyl/N-ethyl adjacent to an activating group) is 1. The predicted molar refractivity (Wildman–Crippen MR) is 443 cm³/mol. The van der Waals surface area contributed by atoms with E-state index in [-0.39, 0.29) is 58.9 Å². The van der Waals surface area contributed by atoms with Crippen molar-refractivity contribution in [2.45, 2.75) is 113 Å². The Bertz CT molecular complexity index is 5700. The van der Waals surface area contributed by atoms with Gasteiger partial charge in [-0.1, -0.05) is 118 Å². The fourth-order valence-electron chi connectivity index (χ4n) is 12.1. The molecule has 28 heteroatoms. The molecule has 12 heterocycles. The number of halogens is 1. The van der Waals surface area contributed by atoms with Crippen LogP contribution in [-0.4, -0.2) is 105 Å². The Kier molecular flexibility index (Phi) is 32.1. The topological polar surface area (TPSA) is 388 Å². The first kappa shape index (κ1) is 87.9. The monoisotopic (exact) mass is 1630 g/mol. The molecule has 116 heavy (non-hydrogen) atoms. The summed E-state index contributed by atoms with van der Waals surface area (Å²) in [5, 5.41) is 29.5. The van der Waals surface area contributed by atoms with Gasteiger partial charge in [-0.25, -0.2) is 24.7 Å². The number of pyridine rings is 4. The molecule has 4 aliphatic rings. The van der Waals surface area contributed by atoms with Gasteiger partial charge in [0.2, 0.25) is 35.3 Å². The van der Waals surface area contributed by atoms with Gasteiger partial charge in [0.15, 0.2) is 5.76 Å². The summed E-state index contributed by atoms with van der Waals surface area (Å²) < 4.78 is 23.1. The zero-order valence-corrected chi connectivity index (χ0v) is 67.3. The molecule has 16 rings (SSSR count). The highest BCUT2D eigenvalue weighted by atomic mass is 79.9. The van der Waals surface area contributed by atoms with Crippen LogP contribution in [0.2, 0.25) is 0 Å². The van der Waals surface area contributed by atoms with Crippen LogP contribution in [0.5, 0.6) is 0 Å². The van der Waals surface area contributed by atoms with Crippen molar-refractivity contribution < 1.29 is 75.5 Å². The lowest BCUT2D eigenvalue weighted by molar-refractivity contribution is -0.193. The van der Waals surface area contributed by atoms with Crippen LogP contribution in [0.1, 0.15) is 140 Å². The van der Waals surface area contributed by atoms with Crippen molar-refractivity contribution >= 4 is 155 Å². The number of carbonyl (C=O) groups excluding carboxylic acids is 10. The first-order chi connectivity index (χ1) is 55.6. The molecule has 0 atom stereocenters. The summed E-state index contributed by atoms with van der Waals surface area (Å²) in [5.41, 5.74) is 14.4. The Labute approximate surface area is 676 Å². The highest BCUT2D eigenvalue weighted by Crippen LogP contribution is 2.31. The smallest absolute Gasteiger partial charge is 0.373 e. The van der Waals surface area contributed by atoms with Gasteiger partial charge in [-0.15, -0.1) is 0 Å². The van der Waals surface area contributed by atoms with Crippen molar-refractivity contribution in [2.75, 3.05) is 42.4 Å². The van der Waals surface area contributed by atoms with Gasteiger partial charge in [0.1, 0.15) is 57.1 Å². The maximum Gasteiger partial charge on any atom is 0.373 e. The van der Waals surface area contributed by atoms with E-state index in [0.29, 0.717) is 78.8 Å². The van der Waals surface area contributed by atoms with E-state index in [1.165, 1.54) is 17.0 Å². The zero-order valence-electron chi connectivity index (χ0n) is 65.7. The SMILES string of the molecule is C=Cc1cnc2c(c1)CCC(=O)N2.CC(C)(C)/C=C/c1cnc2c(c1)CCC(=O)N2.CNC(=O)c1oc2ccccc2c1C.CNCc1oc2ccccc2c1C.Cc1c(C(=O)O)oc2ccccc12.Cc1c(CN(C)C(=O)/C=C/c2cnc3c(c2)CCC(=O)N3)oc2ccccc12.O=C1CCc2cc(Br)cnc2N1.O=C=O.O=C=O. The maximum absolute atomic E-state index is 12.5. The molecule has 0 aliphatic carbocycles. The number of hydrogen-bond acceptors (Lipinski definition) is 20. The van der Waals surface area contributed by atoms with Crippen LogP contribution in [0, 0.1) is 33.1 Å². The molecule has 0 saturated heterocycles. The fourth-order valence-corrected chi connectivity index (χ4v) is 12.5. The molecule has 0 radical (unpaired) electrons. The molecular formula is C88H88BrN11O16. The summed E-state index contributed by atoms with van der Waals surface area (Å²) in [6.45, 7) is 19.1. The van der Waals surface area contributed by atoms with Gasteiger partial charge in [0, 0.05) is 113 Å². The molecular weight excluding hydrogens is 1550 g/mol. The zero-order chi connectivity index (χ0) is 84.2. The molecule has 598 valence electrons. The third-order valence-electron chi connectivity index (χ3n) is 18.1. The Morgan fingerprint density at radius 1 is 0.517 bits per heavy atom. The fraction of sp³-hybridized carbons (Fsp3) is 0.239. The molecule has 0 unspecified atom stereocenters. The van der Waals surface area contributed by atoms with Gasteiger partial charge in [0.05, 0.1) is 13.1 Å². The number of carboxylic acids is 1. The molecule has 4 aliphatic heterocycles. The van der Waals surface area contributed by atoms with Crippen LogP contribution in [0.3, 0.4) is 0 Å². The Morgan fingerprint density at radius 2 is 0.871 bits per heavy atom. The van der Waals surface area contributed by atoms with Crippen molar-refractivity contribution in [1.82, 2.24) is 35.5 Å². The number of fused-ring (bicyclic) bond motifs is 8. The lowest BCUT2D eigenvalue weighted by Gasteiger charge is -2.16. The molecule has 27 nitrogen and oxygen atoms in total. The van der Waals surface area contributed by atoms with Crippen LogP contribution >= 0.6 is 15.9 Å². The van der Waals surface area contributed by atoms with Gasteiger partial charge >= 0.3 is 18.3 Å². The molecule has 12 aromatic rings. The molecule has 8 aromatic heterocycles. The standard InChI is InChI=1S/C22H21N3O3.C14H18N2O.C11H11NO2.C11H13NO.C10H10N2O.C10H8O3.C8H7BrN2O.2CO2/c1-14-17-5-3-4-6-18(17)28-19(14)13-25(2)21(27)10-7-15-11-16-8-9-20(26)24-22(16)23-12-15;1-14(2,3)7-6-10-8-11-4-5-12(17)16-13(11)15-9-10;1-7-8-5-3-4-6-9(8)14-10(7)11(13)12-2;1-8-9-5-3-4-6-10(9)13-11(8)7-12-2;1-2-7-5-8-3-4-9(13)12-10(8)11-6-7;1-6-7-4-2-3-5-8(7)13-9(6)10(11)12;9-6-3-5-1-2-7(12)11-8(5)10-4-6;2*2-1-3/h3-7,10-12H,8-9,13H2,1-2H3,(H,23,24,26);6-9H,4-5H2,1-3H3,(H,15,16,17);3-6H,1-2H3,(H,12,13);3-6,12H,7H2,1-2H3;2,5-6H,1,3-4H2,(H,11,12,13);2-5H,1H3,(H,11,12);3-4H,1-2H2,(H,10,11,12);;/b10-7+;7-6+;;;;;;;. The summed E-state index contributed by atoms with van der Waals surface area (Å²) >= 11 is 3.33. The minimum atomic E-state index is -1.02. The van der Waals surface area contributed by atoms with E-state index in [9.17, 15) is 33.6 Å². The predicted octanol–water partition coefficient (Wildman–Crippen LogP) is 15.9. The first-order valence-electron chi connectivity index (χ1n) is 36.6. The molecule has 0 bridgehead atoms. The number of carboxylic acid groups (broad SMARTS) is 1. The number of nitrogens with zero attached hydrogens (tertiary/aromatic N) is 5. The number of hydrogen-bond donors (Lipinski definition) is 7. The summed E-state index contributed by atoms with van der Waals surface area (Å²) in [5.74, 6) is 3.80. The number of allylic oxidation sites excluding steroid dienone is 1. The second-order valence-corrected chi connectivity index (χ2v) is 28.5. The number of benzene rings is 4. The van der Waals surface area contributed by atoms with Crippen molar-refractivity contribution in [3.8, 4) is 0 Å². The van der Waals surface area contributed by atoms with Crippen LogP contribution < -0.4 is 31.9 Å². The number of furan rings is 4. The van der Waals surface area contributed by atoms with Crippen molar-refractivity contribution in [2.24, 2.45) is 5.41 Å². The molecule has 0 spiro atoms. The van der Waals surface area contributed by atoms with Gasteiger partial charge in [-0.2, -0.15) is 19.2 Å². The second kappa shape index (κ2) is 42.3. The van der Waals surface area contributed by atoms with E-state index in [1.54, 1.807) is 68.9 Å². The average molecular weight is 1640 g/mol. The number of anilines is 4. The minimum absolute atomic E-state index is 0.0130. The largest absolute Gasteiger partial charge is 0.475 e. The number of rotatable bonds is 10. The number of para-hydroxylation sites is 4. The van der Waals surface area contributed by atoms with E-state index in [4.69, 9.17) is 42.0 Å². The highest BCUT2D eigenvalue weighted by Gasteiger charge is 2.22. The molecule has 0 fully saturated rings. The van der Waals surface area contributed by atoms with Gasteiger partial charge in [0.25, 0.3) is 5.91 Å². The van der Waals surface area contributed by atoms with Crippen LogP contribution in [0.4, 0.5) is 23.3 Å². The second-order valence-electron chi connectivity index (χ2n) is 27.6. The van der Waals surface area contributed by atoms with E-state index >= 15 is 0 Å². The summed E-state index contributed by atoms with van der Waals surface area (Å²) in [6.07, 6.45) is 21.7. The quantitative estimate of drug-likeness (QED) is 0.0625. The van der Waals surface area contributed by atoms with E-state index < -0.39 is 5.97 Å². The Morgan fingerprint density at radius 3 is 1.27 bits per heavy atom. The maximum atomic E-state index is 12.5. The summed E-state index contributed by atoms with van der Waals surface area (Å²) in [4.78, 5) is 130. The number of aromatic carboxylic acids is 1. The van der Waals surface area contributed by atoms with Gasteiger partial charge < -0.3 is 59.6 Å². The van der Waals surface area contributed by atoms with Crippen LogP contribution in [0.15, 0.2) is 187 Å². The molecule has 6 amide bonds. The van der Waals surface area contributed by atoms with Crippen molar-refractivity contribution in [3.05, 3.63) is 254 Å². The van der Waals surface area contributed by atoms with E-state index in [1.807, 2.05) is 124 Å². The molecule has 0 saturated carbocycles. The first-order valence-corrected chi connectivity index (χ1v) is 37.4. The van der Waals surface area contributed by atoms with Crippen LogP contribution in [0.25, 0.3) is 62.1 Å². The number of amides is 6. The summed E-state index contributed by atoms with van der Waals surface area (Å²) in [6, 6.07) is 38.9. The lowest BCUT2D eigenvalue weighted by atomic mass is 9.95. The highest BCUT2D eigenvalue weighted by molar-refractivity contribution is 9.10. The lowest BCUT2D eigenvalue weighted by Crippen LogP contribution is -2.24. The average Bonchev–Trinajstić information content (AvgIpc) is 1.61. The number of aromatic nitrogens is 4. The minimum Gasteiger partial charge on any atom is -0.475 e. The number of carbonyl (C=O) groups is 7. The van der Waals surface area contributed by atoms with E-state index in [2.05, 4.69) is 126 Å². The van der Waals surface area contributed by atoms with Gasteiger partial charge in [-0.05, 0) is 181 Å². The third-order valence-corrected chi connectivity index (χ3v) is 18.6. The summed E-state index contributed by atoms with van der Waals surface area (Å²) in [7, 11) is 5.27. The number of aryl methyl sites for hydroxylation is 8. The van der Waals surface area contributed by atoms with Crippen molar-refractivity contribution in [1.29, 1.82) is 0 Å². The third kappa shape index (κ3) is 24.7. The number of nitrogens with one attached hydrogen (secondary N) is 6. The molecule has 7 N–H and O–H groups in total. The van der Waals surface area contributed by atoms with E-state index in [0.717, 1.165) is 125 Å². The molecule has 4 aromatic carbocycles. The Balaban J connectivity index is 0.000000171. The van der Waals surface area contributed by atoms with Gasteiger partial charge in [-0.3, -0.25) is 28.8 Å².